The number of aromatic amines is 2. The van der Waals surface area contributed by atoms with Gasteiger partial charge in [0.25, 0.3) is 11.5 Å². The number of halogens is 1. The van der Waals surface area contributed by atoms with Crippen molar-refractivity contribution in [3.63, 3.8) is 0 Å². The van der Waals surface area contributed by atoms with E-state index < -0.39 is 11.5 Å². The van der Waals surface area contributed by atoms with E-state index in [1.807, 2.05) is 20.8 Å². The second kappa shape index (κ2) is 6.11. The second-order valence-corrected chi connectivity index (χ2v) is 6.98. The summed E-state index contributed by atoms with van der Waals surface area (Å²) in [5, 5.41) is 2.43. The van der Waals surface area contributed by atoms with E-state index in [4.69, 9.17) is 0 Å². The third-order valence-corrected chi connectivity index (χ3v) is 3.77. The number of H-pyrrole nitrogens is 2. The van der Waals surface area contributed by atoms with Gasteiger partial charge in [0.05, 0.1) is 10.2 Å². The summed E-state index contributed by atoms with van der Waals surface area (Å²) in [5.41, 5.74) is -1.03. The summed E-state index contributed by atoms with van der Waals surface area (Å²) in [4.78, 5) is 46.1. The van der Waals surface area contributed by atoms with Crippen LogP contribution >= 0.6 is 15.9 Å². The van der Waals surface area contributed by atoms with Gasteiger partial charge in [-0.15, -0.1) is 0 Å². The SMILES string of the molecule is Cc1nc(C(C)(C)C)[nH]c(=O)c1C(=O)Nc1c[nH]cc(Br)c1=O. The van der Waals surface area contributed by atoms with Crippen molar-refractivity contribution in [2.24, 2.45) is 0 Å². The summed E-state index contributed by atoms with van der Waals surface area (Å²) in [5.74, 6) is -0.183. The van der Waals surface area contributed by atoms with Crippen LogP contribution < -0.4 is 16.3 Å². The predicted molar refractivity (Wildman–Crippen MR) is 91.0 cm³/mol. The van der Waals surface area contributed by atoms with Crippen LogP contribution in [-0.2, 0) is 5.41 Å². The highest BCUT2D eigenvalue weighted by molar-refractivity contribution is 9.10. The van der Waals surface area contributed by atoms with Gasteiger partial charge in [0.2, 0.25) is 5.43 Å². The molecule has 0 fully saturated rings. The number of aryl methyl sites for hydroxylation is 1. The number of nitrogens with one attached hydrogen (secondary N) is 3. The van der Waals surface area contributed by atoms with Gasteiger partial charge in [0.15, 0.2) is 0 Å². The molecule has 2 heterocycles. The third kappa shape index (κ3) is 3.58. The van der Waals surface area contributed by atoms with Crippen molar-refractivity contribution < 1.29 is 4.79 Å². The molecule has 0 unspecified atom stereocenters. The zero-order valence-corrected chi connectivity index (χ0v) is 14.8. The standard InChI is InChI=1S/C15H17BrN4O3/c1-7-10(13(23)20-14(18-7)15(2,3)4)12(22)19-9-6-17-5-8(16)11(9)21/h5-6H,1-4H3,(H,17,21)(H,19,22)(H,18,20,23). The molecule has 2 aromatic rings. The van der Waals surface area contributed by atoms with E-state index in [1.165, 1.54) is 12.4 Å². The molecule has 0 saturated carbocycles. The summed E-state index contributed by atoms with van der Waals surface area (Å²) >= 11 is 3.08. The zero-order chi connectivity index (χ0) is 17.4. The van der Waals surface area contributed by atoms with E-state index in [1.54, 1.807) is 6.92 Å². The maximum absolute atomic E-state index is 12.3. The third-order valence-electron chi connectivity index (χ3n) is 3.19. The smallest absolute Gasteiger partial charge is 0.264 e. The zero-order valence-electron chi connectivity index (χ0n) is 13.2. The Morgan fingerprint density at radius 1 is 1.26 bits per heavy atom. The Labute approximate surface area is 140 Å². The summed E-state index contributed by atoms with van der Waals surface area (Å²) in [7, 11) is 0. The molecular weight excluding hydrogens is 364 g/mol. The number of hydrogen-bond donors (Lipinski definition) is 3. The average molecular weight is 381 g/mol. The van der Waals surface area contributed by atoms with Gasteiger partial charge in [0.1, 0.15) is 17.1 Å². The van der Waals surface area contributed by atoms with Crippen LogP contribution in [0.1, 0.15) is 42.6 Å². The van der Waals surface area contributed by atoms with Gasteiger partial charge >= 0.3 is 0 Å². The summed E-state index contributed by atoms with van der Waals surface area (Å²) in [6, 6.07) is 0. The molecule has 0 saturated heterocycles. The largest absolute Gasteiger partial charge is 0.365 e. The Morgan fingerprint density at radius 2 is 1.91 bits per heavy atom. The molecule has 8 heteroatoms. The van der Waals surface area contributed by atoms with E-state index in [-0.39, 0.29) is 26.6 Å². The molecule has 122 valence electrons. The molecule has 0 aliphatic carbocycles. The molecule has 0 aliphatic rings. The minimum absolute atomic E-state index is 0.0445. The normalized spacial score (nSPS) is 11.3. The lowest BCUT2D eigenvalue weighted by atomic mass is 9.95. The van der Waals surface area contributed by atoms with E-state index in [0.29, 0.717) is 11.5 Å². The molecule has 0 radical (unpaired) electrons. The molecule has 2 aromatic heterocycles. The topological polar surface area (TPSA) is 108 Å². The lowest BCUT2D eigenvalue weighted by molar-refractivity contribution is 0.102. The Bertz CT molecular complexity index is 878. The molecule has 3 N–H and O–H groups in total. The first-order valence-electron chi connectivity index (χ1n) is 6.90. The van der Waals surface area contributed by atoms with Crippen LogP contribution in [-0.4, -0.2) is 20.9 Å². The van der Waals surface area contributed by atoms with Crippen molar-refractivity contribution in [1.29, 1.82) is 0 Å². The highest BCUT2D eigenvalue weighted by Gasteiger charge is 2.22. The minimum atomic E-state index is -0.680. The van der Waals surface area contributed by atoms with Gasteiger partial charge < -0.3 is 15.3 Å². The number of carbonyl (C=O) groups is 1. The summed E-state index contributed by atoms with van der Waals surface area (Å²) < 4.78 is 0.280. The predicted octanol–water partition coefficient (Wildman–Crippen LogP) is 2.08. The first-order chi connectivity index (χ1) is 10.6. The van der Waals surface area contributed by atoms with E-state index in [0.717, 1.165) is 0 Å². The van der Waals surface area contributed by atoms with Crippen molar-refractivity contribution in [2.45, 2.75) is 33.1 Å². The van der Waals surface area contributed by atoms with Gasteiger partial charge in [-0.1, -0.05) is 20.8 Å². The summed E-state index contributed by atoms with van der Waals surface area (Å²) in [6.45, 7) is 7.31. The van der Waals surface area contributed by atoms with Gasteiger partial charge in [-0.25, -0.2) is 4.98 Å². The molecule has 2 rings (SSSR count). The van der Waals surface area contributed by atoms with Crippen molar-refractivity contribution in [3.05, 3.63) is 54.5 Å². The van der Waals surface area contributed by atoms with E-state index in [2.05, 4.69) is 36.2 Å². The molecule has 0 bridgehead atoms. The maximum Gasteiger partial charge on any atom is 0.264 e. The van der Waals surface area contributed by atoms with Crippen LogP contribution in [0, 0.1) is 6.92 Å². The Balaban J connectivity index is 2.43. The first kappa shape index (κ1) is 17.1. The van der Waals surface area contributed by atoms with Crippen LogP contribution in [0.25, 0.3) is 0 Å². The Morgan fingerprint density at radius 3 is 2.48 bits per heavy atom. The van der Waals surface area contributed by atoms with Crippen LogP contribution in [0.3, 0.4) is 0 Å². The second-order valence-electron chi connectivity index (χ2n) is 6.13. The molecule has 0 aliphatic heterocycles. The molecule has 23 heavy (non-hydrogen) atoms. The van der Waals surface area contributed by atoms with Crippen LogP contribution in [0.15, 0.2) is 26.5 Å². The number of nitrogens with zero attached hydrogens (tertiary/aromatic N) is 1. The van der Waals surface area contributed by atoms with Crippen molar-refractivity contribution >= 4 is 27.5 Å². The number of rotatable bonds is 2. The molecule has 1 amide bonds. The Hall–Kier alpha value is -2.22. The first-order valence-corrected chi connectivity index (χ1v) is 7.70. The number of pyridine rings is 1. The highest BCUT2D eigenvalue weighted by atomic mass is 79.9. The lowest BCUT2D eigenvalue weighted by Gasteiger charge is -2.18. The van der Waals surface area contributed by atoms with Gasteiger partial charge in [0, 0.05) is 17.8 Å². The van der Waals surface area contributed by atoms with Gasteiger partial charge in [-0.05, 0) is 22.9 Å². The quantitative estimate of drug-likeness (QED) is 0.740. The number of carbonyl (C=O) groups excluding carboxylic acids is 1. The molecule has 0 aromatic carbocycles. The Kier molecular flexibility index (Phi) is 4.56. The van der Waals surface area contributed by atoms with Crippen molar-refractivity contribution in [1.82, 2.24) is 15.0 Å². The average Bonchev–Trinajstić information content (AvgIpc) is 2.42. The number of amides is 1. The minimum Gasteiger partial charge on any atom is -0.365 e. The highest BCUT2D eigenvalue weighted by Crippen LogP contribution is 2.17. The molecular formula is C15H17BrN4O3. The fraction of sp³-hybridized carbons (Fsp3) is 0.333. The lowest BCUT2D eigenvalue weighted by Crippen LogP contribution is -2.31. The maximum atomic E-state index is 12.3. The van der Waals surface area contributed by atoms with Crippen LogP contribution in [0.5, 0.6) is 0 Å². The number of hydrogen-bond acceptors (Lipinski definition) is 4. The van der Waals surface area contributed by atoms with E-state index in [9.17, 15) is 14.4 Å². The number of aromatic nitrogens is 3. The van der Waals surface area contributed by atoms with E-state index >= 15 is 0 Å². The van der Waals surface area contributed by atoms with Gasteiger partial charge in [-0.2, -0.15) is 0 Å². The monoisotopic (exact) mass is 380 g/mol. The molecule has 0 spiro atoms. The van der Waals surface area contributed by atoms with Gasteiger partial charge in [-0.3, -0.25) is 14.4 Å². The molecule has 7 nitrogen and oxygen atoms in total. The fourth-order valence-electron chi connectivity index (χ4n) is 1.94. The number of anilines is 1. The molecule has 0 atom stereocenters. The van der Waals surface area contributed by atoms with Crippen molar-refractivity contribution in [3.8, 4) is 0 Å². The van der Waals surface area contributed by atoms with Crippen LogP contribution in [0.4, 0.5) is 5.69 Å². The van der Waals surface area contributed by atoms with Crippen molar-refractivity contribution in [2.75, 3.05) is 5.32 Å². The summed E-state index contributed by atoms with van der Waals surface area (Å²) in [6.07, 6.45) is 2.81. The van der Waals surface area contributed by atoms with Crippen LogP contribution in [0.2, 0.25) is 0 Å². The fourth-order valence-corrected chi connectivity index (χ4v) is 2.29.